The number of nitrogens with one attached hydrogen (secondary N) is 2. The van der Waals surface area contributed by atoms with E-state index in [2.05, 4.69) is 15.0 Å². The topological polar surface area (TPSA) is 108 Å². The average molecular weight is 516 g/mol. The molecule has 4 rings (SSSR count). The summed E-state index contributed by atoms with van der Waals surface area (Å²) in [7, 11) is -3.85. The summed E-state index contributed by atoms with van der Waals surface area (Å²) in [5.41, 5.74) is 1.90. The average Bonchev–Trinajstić information content (AvgIpc) is 2.83. The summed E-state index contributed by atoms with van der Waals surface area (Å²) in [4.78, 5) is 17.2. The lowest BCUT2D eigenvalue weighted by Gasteiger charge is -2.12. The van der Waals surface area contributed by atoms with Gasteiger partial charge in [0.2, 0.25) is 10.0 Å². The fraction of sp³-hybridized carbons (Fsp3) is 0.0833. The molecular weight excluding hydrogens is 497 g/mol. The standard InChI is InChI=1S/C24H19Cl2N3O4S/c25-21-8-5-16(13-20(21)23-18-4-2-1-3-15(18)9-10-27-23)29-24(31)19-7-6-17(14-22(19)26)34(32,33)28-11-12-30/h1-10,13-14,28,30H,11-12H2,(H,29,31). The Morgan fingerprint density at radius 1 is 0.971 bits per heavy atom. The smallest absolute Gasteiger partial charge is 0.257 e. The number of carbonyl (C=O) groups is 1. The lowest BCUT2D eigenvalue weighted by atomic mass is 10.0. The zero-order valence-electron chi connectivity index (χ0n) is 17.6. The van der Waals surface area contributed by atoms with Crippen LogP contribution in [0.5, 0.6) is 0 Å². The van der Waals surface area contributed by atoms with Crippen LogP contribution < -0.4 is 10.0 Å². The van der Waals surface area contributed by atoms with Gasteiger partial charge in [-0.05, 0) is 47.9 Å². The molecule has 1 aromatic heterocycles. The highest BCUT2D eigenvalue weighted by Gasteiger charge is 2.18. The minimum Gasteiger partial charge on any atom is -0.395 e. The van der Waals surface area contributed by atoms with E-state index in [1.807, 2.05) is 30.3 Å². The molecule has 34 heavy (non-hydrogen) atoms. The predicted molar refractivity (Wildman–Crippen MR) is 134 cm³/mol. The monoisotopic (exact) mass is 515 g/mol. The van der Waals surface area contributed by atoms with E-state index in [0.717, 1.165) is 10.8 Å². The number of nitrogens with zero attached hydrogens (tertiary/aromatic N) is 1. The molecule has 1 amide bonds. The minimum atomic E-state index is -3.85. The second kappa shape index (κ2) is 10.1. The van der Waals surface area contributed by atoms with Crippen molar-refractivity contribution < 1.29 is 18.3 Å². The van der Waals surface area contributed by atoms with Gasteiger partial charge in [0, 0.05) is 29.4 Å². The molecule has 0 atom stereocenters. The maximum atomic E-state index is 12.9. The van der Waals surface area contributed by atoms with Crippen molar-refractivity contribution >= 4 is 55.6 Å². The number of halogens is 2. The largest absolute Gasteiger partial charge is 0.395 e. The van der Waals surface area contributed by atoms with Crippen LogP contribution in [0, 0.1) is 0 Å². The Kier molecular flexibility index (Phi) is 7.16. The molecule has 7 nitrogen and oxygen atoms in total. The van der Waals surface area contributed by atoms with Crippen molar-refractivity contribution in [3.63, 3.8) is 0 Å². The third-order valence-electron chi connectivity index (χ3n) is 5.05. The number of rotatable bonds is 7. The van der Waals surface area contributed by atoms with E-state index in [9.17, 15) is 13.2 Å². The van der Waals surface area contributed by atoms with Gasteiger partial charge < -0.3 is 10.4 Å². The highest BCUT2D eigenvalue weighted by Crippen LogP contribution is 2.34. The maximum Gasteiger partial charge on any atom is 0.257 e. The van der Waals surface area contributed by atoms with Crippen LogP contribution in [0.3, 0.4) is 0 Å². The molecule has 0 bridgehead atoms. The van der Waals surface area contributed by atoms with Gasteiger partial charge >= 0.3 is 0 Å². The van der Waals surface area contributed by atoms with Gasteiger partial charge in [-0.25, -0.2) is 13.1 Å². The Labute approximate surface area is 206 Å². The van der Waals surface area contributed by atoms with Gasteiger partial charge in [-0.2, -0.15) is 0 Å². The van der Waals surface area contributed by atoms with Gasteiger partial charge in [-0.15, -0.1) is 0 Å². The molecular formula is C24H19Cl2N3O4S. The number of benzene rings is 3. The number of fused-ring (bicyclic) bond motifs is 1. The summed E-state index contributed by atoms with van der Waals surface area (Å²) in [6, 6.07) is 18.5. The van der Waals surface area contributed by atoms with Gasteiger partial charge in [0.05, 0.1) is 32.8 Å². The van der Waals surface area contributed by atoms with E-state index < -0.39 is 15.9 Å². The van der Waals surface area contributed by atoms with Crippen LogP contribution in [-0.4, -0.2) is 37.6 Å². The second-order valence-electron chi connectivity index (χ2n) is 7.29. The predicted octanol–water partition coefficient (Wildman–Crippen LogP) is 4.73. The molecule has 0 radical (unpaired) electrons. The van der Waals surface area contributed by atoms with Crippen LogP contribution in [0.15, 0.2) is 77.8 Å². The van der Waals surface area contributed by atoms with Crippen LogP contribution in [0.1, 0.15) is 10.4 Å². The van der Waals surface area contributed by atoms with E-state index in [1.54, 1.807) is 24.4 Å². The first-order chi connectivity index (χ1) is 16.3. The van der Waals surface area contributed by atoms with Crippen LogP contribution >= 0.6 is 23.2 Å². The second-order valence-corrected chi connectivity index (χ2v) is 9.87. The highest BCUT2D eigenvalue weighted by molar-refractivity contribution is 7.89. The first-order valence-corrected chi connectivity index (χ1v) is 12.4. The van der Waals surface area contributed by atoms with Crippen molar-refractivity contribution in [1.82, 2.24) is 9.71 Å². The van der Waals surface area contributed by atoms with Crippen LogP contribution in [0.2, 0.25) is 10.0 Å². The fourth-order valence-corrected chi connectivity index (χ4v) is 5.01. The summed E-state index contributed by atoms with van der Waals surface area (Å²) >= 11 is 12.7. The molecule has 0 saturated carbocycles. The third-order valence-corrected chi connectivity index (χ3v) is 7.15. The third kappa shape index (κ3) is 5.06. The molecule has 10 heteroatoms. The Morgan fingerprint density at radius 3 is 2.53 bits per heavy atom. The maximum absolute atomic E-state index is 12.9. The van der Waals surface area contributed by atoms with Gasteiger partial charge in [0.15, 0.2) is 0 Å². The first kappa shape index (κ1) is 24.1. The Hall–Kier alpha value is -3.01. The van der Waals surface area contributed by atoms with Gasteiger partial charge in [0.25, 0.3) is 5.91 Å². The Morgan fingerprint density at radius 2 is 1.76 bits per heavy atom. The molecule has 0 fully saturated rings. The summed E-state index contributed by atoms with van der Waals surface area (Å²) in [6.45, 7) is -0.475. The number of amides is 1. The number of pyridine rings is 1. The van der Waals surface area contributed by atoms with Crippen LogP contribution in [-0.2, 0) is 10.0 Å². The highest BCUT2D eigenvalue weighted by atomic mass is 35.5. The van der Waals surface area contributed by atoms with Crippen LogP contribution in [0.4, 0.5) is 5.69 Å². The summed E-state index contributed by atoms with van der Waals surface area (Å²) in [6.07, 6.45) is 1.70. The fourth-order valence-electron chi connectivity index (χ4n) is 3.43. The number of aliphatic hydroxyl groups excluding tert-OH is 1. The molecule has 0 aliphatic carbocycles. The summed E-state index contributed by atoms with van der Waals surface area (Å²) in [5, 5.41) is 14.0. The molecule has 174 valence electrons. The van der Waals surface area contributed by atoms with E-state index >= 15 is 0 Å². The lowest BCUT2D eigenvalue weighted by Crippen LogP contribution is -2.26. The number of hydrogen-bond acceptors (Lipinski definition) is 5. The zero-order chi connectivity index (χ0) is 24.3. The Balaban J connectivity index is 1.62. The molecule has 0 spiro atoms. The van der Waals surface area contributed by atoms with E-state index in [-0.39, 0.29) is 28.6 Å². The normalized spacial score (nSPS) is 11.5. The minimum absolute atomic E-state index is 0.0331. The number of aromatic nitrogens is 1. The van der Waals surface area contributed by atoms with Crippen molar-refractivity contribution in [2.45, 2.75) is 4.90 Å². The van der Waals surface area contributed by atoms with Crippen molar-refractivity contribution in [2.75, 3.05) is 18.5 Å². The zero-order valence-corrected chi connectivity index (χ0v) is 20.0. The van der Waals surface area contributed by atoms with Gasteiger partial charge in [-0.3, -0.25) is 9.78 Å². The molecule has 1 heterocycles. The van der Waals surface area contributed by atoms with Gasteiger partial charge in [-0.1, -0.05) is 47.5 Å². The summed E-state index contributed by atoms with van der Waals surface area (Å²) < 4.78 is 26.7. The number of aliphatic hydroxyl groups is 1. The molecule has 0 saturated heterocycles. The van der Waals surface area contributed by atoms with Crippen molar-refractivity contribution in [2.24, 2.45) is 0 Å². The molecule has 3 aromatic carbocycles. The quantitative estimate of drug-likeness (QED) is 0.329. The molecule has 4 aromatic rings. The van der Waals surface area contributed by atoms with E-state index in [0.29, 0.717) is 22.0 Å². The molecule has 0 aliphatic rings. The molecule has 0 aliphatic heterocycles. The van der Waals surface area contributed by atoms with E-state index in [4.69, 9.17) is 28.3 Å². The first-order valence-electron chi connectivity index (χ1n) is 10.2. The Bertz CT molecular complexity index is 1490. The number of sulfonamides is 1. The van der Waals surface area contributed by atoms with E-state index in [1.165, 1.54) is 18.2 Å². The molecule has 3 N–H and O–H groups in total. The lowest BCUT2D eigenvalue weighted by molar-refractivity contribution is 0.102. The SMILES string of the molecule is O=C(Nc1ccc(Cl)c(-c2nccc3ccccc23)c1)c1ccc(S(=O)(=O)NCCO)cc1Cl. The van der Waals surface area contributed by atoms with Crippen molar-refractivity contribution in [1.29, 1.82) is 0 Å². The number of carbonyl (C=O) groups excluding carboxylic acids is 1. The molecule has 0 unspecified atom stereocenters. The number of hydrogen-bond donors (Lipinski definition) is 3. The van der Waals surface area contributed by atoms with Crippen molar-refractivity contribution in [3.8, 4) is 11.3 Å². The van der Waals surface area contributed by atoms with Crippen LogP contribution in [0.25, 0.3) is 22.0 Å². The van der Waals surface area contributed by atoms with Gasteiger partial charge in [0.1, 0.15) is 0 Å². The number of anilines is 1. The van der Waals surface area contributed by atoms with Crippen molar-refractivity contribution in [3.05, 3.63) is 88.5 Å². The summed E-state index contributed by atoms with van der Waals surface area (Å²) in [5.74, 6) is -0.517.